The summed E-state index contributed by atoms with van der Waals surface area (Å²) >= 11 is 7.82. The summed E-state index contributed by atoms with van der Waals surface area (Å²) < 4.78 is 49.2. The van der Waals surface area contributed by atoms with Crippen LogP contribution < -0.4 is 56.8 Å². The molecule has 0 nitrogen and oxygen atoms in total. The molecule has 0 saturated carbocycles. The van der Waals surface area contributed by atoms with Crippen molar-refractivity contribution in [3.05, 3.63) is 27.4 Å². The third kappa shape index (κ3) is 3.47. The zero-order valence-corrected chi connectivity index (χ0v) is 12.5. The molecule has 0 unspecified atom stereocenters. The van der Waals surface area contributed by atoms with E-state index in [1.54, 1.807) is 0 Å². The second-order valence-corrected chi connectivity index (χ2v) is 3.59. The van der Waals surface area contributed by atoms with E-state index in [4.69, 9.17) is 11.6 Å². The second kappa shape index (κ2) is 5.65. The fourth-order valence-electron chi connectivity index (χ4n) is 0.843. The summed E-state index contributed by atoms with van der Waals surface area (Å²) in [6.07, 6.45) is 0. The molecule has 0 atom stereocenters. The van der Waals surface area contributed by atoms with Crippen LogP contribution >= 0.6 is 27.5 Å². The van der Waals surface area contributed by atoms with E-state index in [0.29, 0.717) is 0 Å². The number of benzene rings is 1. The Kier molecular flexibility index (Phi) is 6.22. The minimum absolute atomic E-state index is 0. The Balaban J connectivity index is 0.00000169. The molecule has 0 saturated heterocycles. The molecular weight excluding hydrogens is 313 g/mol. The minimum atomic E-state index is -5.38. The van der Waals surface area contributed by atoms with Crippen molar-refractivity contribution in [1.82, 2.24) is 0 Å². The standard InChI is InChI=1S/C6H2BBrClF4.K/c8-3-1-2-4(9)6(10)5(3)7(11,12)13;/h1-2H;/q-1;+1. The first-order chi connectivity index (χ1) is 5.84. The number of rotatable bonds is 1. The molecule has 0 spiro atoms. The van der Waals surface area contributed by atoms with Crippen LogP contribution in [0, 0.1) is 5.82 Å². The van der Waals surface area contributed by atoms with Crippen LogP contribution in [0.4, 0.5) is 17.3 Å². The number of halogens is 6. The SMILES string of the molecule is Fc1c(Cl)ccc(Br)c1[B-](F)(F)F.[K+]. The molecule has 14 heavy (non-hydrogen) atoms. The molecule has 0 amide bonds. The van der Waals surface area contributed by atoms with Gasteiger partial charge in [0.15, 0.2) is 0 Å². The molecule has 0 radical (unpaired) electrons. The molecule has 8 heteroatoms. The Morgan fingerprint density at radius 2 is 1.71 bits per heavy atom. The van der Waals surface area contributed by atoms with Gasteiger partial charge in [-0.3, -0.25) is 0 Å². The summed E-state index contributed by atoms with van der Waals surface area (Å²) in [5, 5.41) is -0.530. The Morgan fingerprint density at radius 3 is 2.07 bits per heavy atom. The second-order valence-electron chi connectivity index (χ2n) is 2.33. The molecule has 0 N–H and O–H groups in total. The average Bonchev–Trinajstić information content (AvgIpc) is 1.95. The first-order valence-electron chi connectivity index (χ1n) is 3.17. The van der Waals surface area contributed by atoms with Crippen molar-refractivity contribution in [1.29, 1.82) is 0 Å². The molecule has 0 aliphatic carbocycles. The summed E-state index contributed by atoms with van der Waals surface area (Å²) in [6, 6.07) is 2.13. The maximum absolute atomic E-state index is 12.9. The molecule has 0 fully saturated rings. The van der Waals surface area contributed by atoms with Gasteiger partial charge in [0.1, 0.15) is 5.82 Å². The van der Waals surface area contributed by atoms with E-state index in [1.807, 2.05) is 0 Å². The molecular formula is C6H2BBrClF4K. The van der Waals surface area contributed by atoms with Crippen LogP contribution in [0.5, 0.6) is 0 Å². The van der Waals surface area contributed by atoms with Gasteiger partial charge in [0.25, 0.3) is 0 Å². The molecule has 0 aliphatic heterocycles. The quantitative estimate of drug-likeness (QED) is 0.397. The van der Waals surface area contributed by atoms with Gasteiger partial charge in [-0.25, -0.2) is 4.39 Å². The monoisotopic (exact) mass is 314 g/mol. The molecule has 1 aromatic carbocycles. The normalized spacial score (nSPS) is 11.0. The predicted octanol–water partition coefficient (Wildman–Crippen LogP) is 0.300. The third-order valence-corrected chi connectivity index (χ3v) is 2.39. The van der Waals surface area contributed by atoms with Crippen molar-refractivity contribution in [2.75, 3.05) is 0 Å². The first kappa shape index (κ1) is 15.4. The fraction of sp³-hybridized carbons (Fsp3) is 0. The number of hydrogen-bond acceptors (Lipinski definition) is 0. The Morgan fingerprint density at radius 1 is 1.21 bits per heavy atom. The van der Waals surface area contributed by atoms with Gasteiger partial charge < -0.3 is 12.9 Å². The van der Waals surface area contributed by atoms with Crippen LogP contribution in [0.3, 0.4) is 0 Å². The molecule has 1 rings (SSSR count). The zero-order chi connectivity index (χ0) is 10.2. The first-order valence-corrected chi connectivity index (χ1v) is 4.34. The van der Waals surface area contributed by atoms with Gasteiger partial charge in [-0.2, -0.15) is 0 Å². The van der Waals surface area contributed by atoms with Crippen molar-refractivity contribution in [3.8, 4) is 0 Å². The van der Waals surface area contributed by atoms with Crippen molar-refractivity contribution in [3.63, 3.8) is 0 Å². The van der Waals surface area contributed by atoms with Crippen molar-refractivity contribution in [2.24, 2.45) is 0 Å². The fourth-order valence-corrected chi connectivity index (χ4v) is 1.57. The largest absolute Gasteiger partial charge is 1.00 e. The van der Waals surface area contributed by atoms with Crippen molar-refractivity contribution >= 4 is 40.0 Å². The molecule has 0 heterocycles. The van der Waals surface area contributed by atoms with Crippen LogP contribution in [0.1, 0.15) is 0 Å². The predicted molar refractivity (Wildman–Crippen MR) is 47.8 cm³/mol. The van der Waals surface area contributed by atoms with E-state index in [1.165, 1.54) is 0 Å². The van der Waals surface area contributed by atoms with Crippen LogP contribution in [-0.2, 0) is 0 Å². The van der Waals surface area contributed by atoms with Gasteiger partial charge in [0.2, 0.25) is 0 Å². The topological polar surface area (TPSA) is 0 Å². The Bertz CT molecular complexity index is 343. The van der Waals surface area contributed by atoms with Crippen LogP contribution in [-0.4, -0.2) is 6.98 Å². The Labute approximate surface area is 134 Å². The van der Waals surface area contributed by atoms with Crippen LogP contribution in [0.2, 0.25) is 5.02 Å². The van der Waals surface area contributed by atoms with E-state index >= 15 is 0 Å². The van der Waals surface area contributed by atoms with E-state index in [0.717, 1.165) is 12.1 Å². The molecule has 72 valence electrons. The van der Waals surface area contributed by atoms with Crippen LogP contribution in [0.25, 0.3) is 0 Å². The maximum Gasteiger partial charge on any atom is 1.00 e. The molecule has 0 aromatic heterocycles. The Hall–Kier alpha value is 1.41. The van der Waals surface area contributed by atoms with Gasteiger partial charge in [0.05, 0.1) is 5.02 Å². The third-order valence-electron chi connectivity index (χ3n) is 1.41. The van der Waals surface area contributed by atoms with E-state index in [9.17, 15) is 17.3 Å². The molecule has 0 aliphatic rings. The van der Waals surface area contributed by atoms with E-state index in [2.05, 4.69) is 15.9 Å². The minimum Gasteiger partial charge on any atom is -0.445 e. The van der Waals surface area contributed by atoms with Gasteiger partial charge in [-0.05, 0) is 16.6 Å². The zero-order valence-electron chi connectivity index (χ0n) is 7.00. The van der Waals surface area contributed by atoms with Gasteiger partial charge in [0, 0.05) is 0 Å². The maximum atomic E-state index is 12.9. The van der Waals surface area contributed by atoms with E-state index in [-0.39, 0.29) is 55.9 Å². The van der Waals surface area contributed by atoms with E-state index < -0.39 is 23.3 Å². The smallest absolute Gasteiger partial charge is 0.445 e. The van der Waals surface area contributed by atoms with Crippen molar-refractivity contribution in [2.45, 2.75) is 0 Å². The summed E-state index contributed by atoms with van der Waals surface area (Å²) in [7, 11) is 0. The molecule has 0 bridgehead atoms. The molecule has 1 aromatic rings. The van der Waals surface area contributed by atoms with Gasteiger partial charge in [-0.1, -0.05) is 33.0 Å². The summed E-state index contributed by atoms with van der Waals surface area (Å²) in [6.45, 7) is -5.38. The van der Waals surface area contributed by atoms with Crippen molar-refractivity contribution < 1.29 is 68.7 Å². The summed E-state index contributed by atoms with van der Waals surface area (Å²) in [4.78, 5) is 0. The van der Waals surface area contributed by atoms with Gasteiger partial charge >= 0.3 is 58.4 Å². The van der Waals surface area contributed by atoms with Crippen LogP contribution in [0.15, 0.2) is 16.6 Å². The number of hydrogen-bond donors (Lipinski definition) is 0. The van der Waals surface area contributed by atoms with Gasteiger partial charge in [-0.15, -0.1) is 0 Å². The summed E-state index contributed by atoms with van der Waals surface area (Å²) in [5.41, 5.74) is -1.31. The average molecular weight is 315 g/mol. The summed E-state index contributed by atoms with van der Waals surface area (Å²) in [5.74, 6) is -1.43.